The Morgan fingerprint density at radius 1 is 1.26 bits per heavy atom. The number of benzene rings is 1. The second-order valence-corrected chi connectivity index (χ2v) is 8.72. The second-order valence-electron chi connectivity index (χ2n) is 7.21. The van der Waals surface area contributed by atoms with Crippen LogP contribution >= 0.6 is 11.8 Å². The van der Waals surface area contributed by atoms with Gasteiger partial charge < -0.3 is 20.1 Å². The molecule has 1 aliphatic heterocycles. The smallest absolute Gasteiger partial charge is 0.191 e. The number of methoxy groups -OCH3 is 1. The first-order valence-corrected chi connectivity index (χ1v) is 10.7. The lowest BCUT2D eigenvalue weighted by atomic mass is 10.0. The summed E-state index contributed by atoms with van der Waals surface area (Å²) in [6.45, 7) is 9.53. The lowest BCUT2D eigenvalue weighted by molar-refractivity contribution is 0.0170. The fourth-order valence-electron chi connectivity index (χ4n) is 2.96. The molecule has 2 N–H and O–H groups in total. The molecule has 1 atom stereocenters. The van der Waals surface area contributed by atoms with E-state index >= 15 is 0 Å². The van der Waals surface area contributed by atoms with Crippen LogP contribution in [-0.4, -0.2) is 75.4 Å². The highest BCUT2D eigenvalue weighted by molar-refractivity contribution is 7.99. The Morgan fingerprint density at radius 2 is 1.93 bits per heavy atom. The van der Waals surface area contributed by atoms with E-state index in [4.69, 9.17) is 9.47 Å². The number of rotatable bonds is 8. The lowest BCUT2D eigenvalue weighted by Crippen LogP contribution is -2.48. The topological polar surface area (TPSA) is 58.1 Å². The number of morpholine rings is 1. The average Bonchev–Trinajstić information content (AvgIpc) is 2.71. The maximum absolute atomic E-state index is 5.54. The van der Waals surface area contributed by atoms with E-state index in [1.165, 1.54) is 5.56 Å². The SMILES string of the molecule is CN=C(NCC(c1ccc(OC)cc1)N1CCOCC1)NCC(C)(C)SC. The zero-order valence-electron chi connectivity index (χ0n) is 17.2. The molecule has 1 aromatic rings. The summed E-state index contributed by atoms with van der Waals surface area (Å²) >= 11 is 1.85. The Bertz CT molecular complexity index is 586. The van der Waals surface area contributed by atoms with Crippen LogP contribution in [0.25, 0.3) is 0 Å². The van der Waals surface area contributed by atoms with Gasteiger partial charge >= 0.3 is 0 Å². The summed E-state index contributed by atoms with van der Waals surface area (Å²) in [5.74, 6) is 1.72. The van der Waals surface area contributed by atoms with Crippen molar-refractivity contribution in [3.63, 3.8) is 0 Å². The third-order valence-electron chi connectivity index (χ3n) is 4.91. The van der Waals surface area contributed by atoms with Gasteiger partial charge in [0.05, 0.1) is 26.4 Å². The molecule has 7 heteroatoms. The number of guanidine groups is 1. The van der Waals surface area contributed by atoms with Gasteiger partial charge in [-0.25, -0.2) is 0 Å². The highest BCUT2D eigenvalue weighted by Crippen LogP contribution is 2.24. The molecule has 6 nitrogen and oxygen atoms in total. The summed E-state index contributed by atoms with van der Waals surface area (Å²) in [7, 11) is 3.51. The molecule has 27 heavy (non-hydrogen) atoms. The maximum atomic E-state index is 5.54. The monoisotopic (exact) mass is 394 g/mol. The minimum absolute atomic E-state index is 0.164. The van der Waals surface area contributed by atoms with Crippen LogP contribution in [0.5, 0.6) is 5.75 Å². The Labute approximate surface area is 168 Å². The van der Waals surface area contributed by atoms with E-state index in [0.717, 1.165) is 51.1 Å². The number of aliphatic imine (C=N–C) groups is 1. The molecule has 1 unspecified atom stereocenters. The van der Waals surface area contributed by atoms with Gasteiger partial charge in [0.2, 0.25) is 0 Å². The minimum atomic E-state index is 0.164. The summed E-state index contributed by atoms with van der Waals surface area (Å²) in [6, 6.07) is 8.60. The van der Waals surface area contributed by atoms with E-state index in [0.29, 0.717) is 0 Å². The molecule has 0 radical (unpaired) electrons. The van der Waals surface area contributed by atoms with Gasteiger partial charge in [-0.2, -0.15) is 11.8 Å². The van der Waals surface area contributed by atoms with Gasteiger partial charge in [-0.3, -0.25) is 9.89 Å². The van der Waals surface area contributed by atoms with Crippen molar-refractivity contribution >= 4 is 17.7 Å². The zero-order chi connectivity index (χ0) is 19.7. The minimum Gasteiger partial charge on any atom is -0.497 e. The molecule has 1 heterocycles. The molecule has 1 fully saturated rings. The van der Waals surface area contributed by atoms with Crippen LogP contribution in [0.3, 0.4) is 0 Å². The zero-order valence-corrected chi connectivity index (χ0v) is 18.1. The van der Waals surface area contributed by atoms with Gasteiger partial charge in [0, 0.05) is 38.0 Å². The third kappa shape index (κ3) is 6.90. The van der Waals surface area contributed by atoms with Crippen molar-refractivity contribution in [2.45, 2.75) is 24.6 Å². The molecule has 2 rings (SSSR count). The molecule has 0 bridgehead atoms. The highest BCUT2D eigenvalue weighted by atomic mass is 32.2. The van der Waals surface area contributed by atoms with E-state index in [-0.39, 0.29) is 10.8 Å². The van der Waals surface area contributed by atoms with Crippen molar-refractivity contribution in [2.24, 2.45) is 4.99 Å². The molecule has 1 aliphatic rings. The number of hydrogen-bond donors (Lipinski definition) is 2. The predicted molar refractivity (Wildman–Crippen MR) is 115 cm³/mol. The van der Waals surface area contributed by atoms with Gasteiger partial charge in [0.1, 0.15) is 5.75 Å². The van der Waals surface area contributed by atoms with E-state index < -0.39 is 0 Å². The number of nitrogens with one attached hydrogen (secondary N) is 2. The van der Waals surface area contributed by atoms with Crippen LogP contribution < -0.4 is 15.4 Å². The molecule has 1 aromatic carbocycles. The van der Waals surface area contributed by atoms with Crippen molar-refractivity contribution in [3.8, 4) is 5.75 Å². The van der Waals surface area contributed by atoms with Crippen LogP contribution in [0.1, 0.15) is 25.5 Å². The Balaban J connectivity index is 2.04. The first-order chi connectivity index (χ1) is 13.0. The summed E-state index contributed by atoms with van der Waals surface area (Å²) in [5.41, 5.74) is 1.27. The quantitative estimate of drug-likeness (QED) is 0.522. The first kappa shape index (κ1) is 21.9. The molecular formula is C20H34N4O2S. The largest absolute Gasteiger partial charge is 0.497 e. The first-order valence-electron chi connectivity index (χ1n) is 9.44. The fraction of sp³-hybridized carbons (Fsp3) is 0.650. The van der Waals surface area contributed by atoms with Crippen molar-refractivity contribution < 1.29 is 9.47 Å². The highest BCUT2D eigenvalue weighted by Gasteiger charge is 2.23. The normalized spacial score (nSPS) is 17.4. The molecule has 0 aliphatic carbocycles. The number of hydrogen-bond acceptors (Lipinski definition) is 5. The molecule has 152 valence electrons. The van der Waals surface area contributed by atoms with Gasteiger partial charge in [0.25, 0.3) is 0 Å². The van der Waals surface area contributed by atoms with E-state index in [1.54, 1.807) is 7.11 Å². The number of ether oxygens (including phenoxy) is 2. The van der Waals surface area contributed by atoms with E-state index in [9.17, 15) is 0 Å². The molecule has 0 saturated carbocycles. The molecule has 0 spiro atoms. The molecular weight excluding hydrogens is 360 g/mol. The lowest BCUT2D eigenvalue weighted by Gasteiger charge is -2.35. The Morgan fingerprint density at radius 3 is 2.48 bits per heavy atom. The second kappa shape index (κ2) is 10.8. The van der Waals surface area contributed by atoms with Crippen molar-refractivity contribution in [2.75, 3.05) is 59.8 Å². The van der Waals surface area contributed by atoms with Gasteiger partial charge in [0.15, 0.2) is 5.96 Å². The van der Waals surface area contributed by atoms with E-state index in [2.05, 4.69) is 52.8 Å². The average molecular weight is 395 g/mol. The van der Waals surface area contributed by atoms with E-state index in [1.807, 2.05) is 30.9 Å². The van der Waals surface area contributed by atoms with Crippen LogP contribution in [-0.2, 0) is 4.74 Å². The Kier molecular flexibility index (Phi) is 8.73. The standard InChI is InChI=1S/C20H34N4O2S/c1-20(2,27-5)15-23-19(21-3)22-14-18(24-10-12-26-13-11-24)16-6-8-17(25-4)9-7-16/h6-9,18H,10-15H2,1-5H3,(H2,21,22,23). The van der Waals surface area contributed by atoms with Crippen LogP contribution in [0.15, 0.2) is 29.3 Å². The maximum Gasteiger partial charge on any atom is 0.191 e. The summed E-state index contributed by atoms with van der Waals surface area (Å²) in [4.78, 5) is 6.86. The predicted octanol–water partition coefficient (Wildman–Crippen LogP) is 2.38. The van der Waals surface area contributed by atoms with Crippen LogP contribution in [0.2, 0.25) is 0 Å². The molecule has 0 aromatic heterocycles. The number of thioether (sulfide) groups is 1. The summed E-state index contributed by atoms with van der Waals surface area (Å²) < 4.78 is 11.0. The van der Waals surface area contributed by atoms with Crippen molar-refractivity contribution in [1.82, 2.24) is 15.5 Å². The summed E-state index contributed by atoms with van der Waals surface area (Å²) in [5, 5.41) is 6.95. The Hall–Kier alpha value is -1.44. The van der Waals surface area contributed by atoms with Crippen molar-refractivity contribution in [1.29, 1.82) is 0 Å². The van der Waals surface area contributed by atoms with Crippen molar-refractivity contribution in [3.05, 3.63) is 29.8 Å². The molecule has 0 amide bonds. The van der Waals surface area contributed by atoms with Gasteiger partial charge in [-0.15, -0.1) is 0 Å². The van der Waals surface area contributed by atoms with Gasteiger partial charge in [-0.1, -0.05) is 12.1 Å². The van der Waals surface area contributed by atoms with Gasteiger partial charge in [-0.05, 0) is 37.8 Å². The van der Waals surface area contributed by atoms with Crippen LogP contribution in [0, 0.1) is 0 Å². The fourth-order valence-corrected chi connectivity index (χ4v) is 3.17. The molecule has 1 saturated heterocycles. The summed E-state index contributed by atoms with van der Waals surface area (Å²) in [6.07, 6.45) is 2.13. The van der Waals surface area contributed by atoms with Crippen LogP contribution in [0.4, 0.5) is 0 Å². The third-order valence-corrected chi connectivity index (χ3v) is 6.16. The number of nitrogens with zero attached hydrogens (tertiary/aromatic N) is 2.